The number of thiol groups is 2. The minimum Gasteiger partial charge on any atom is -0.262 e. The van der Waals surface area contributed by atoms with Crippen LogP contribution in [0.5, 0.6) is 0 Å². The number of piperidine rings is 1. The number of nitrogens with zero attached hydrogens (tertiary/aromatic N) is 1. The molecule has 0 N–H and O–H groups in total. The van der Waals surface area contributed by atoms with Crippen LogP contribution in [0.15, 0.2) is 18.2 Å². The maximum Gasteiger partial charge on any atom is 0.0595 e. The van der Waals surface area contributed by atoms with E-state index in [1.165, 1.54) is 31.5 Å². The zero-order valence-corrected chi connectivity index (χ0v) is 13.7. The van der Waals surface area contributed by atoms with E-state index >= 15 is 0 Å². The van der Waals surface area contributed by atoms with Crippen molar-refractivity contribution in [2.45, 2.75) is 19.3 Å². The molecule has 1 fully saturated rings. The first-order valence-corrected chi connectivity index (χ1v) is 9.82. The Bertz CT molecular complexity index is 404. The van der Waals surface area contributed by atoms with Crippen LogP contribution in [-0.4, -0.2) is 23.7 Å². The third-order valence-electron chi connectivity index (χ3n) is 3.51. The minimum absolute atomic E-state index is 0.217. The van der Waals surface area contributed by atoms with Gasteiger partial charge in [-0.1, -0.05) is 29.3 Å². The second kappa shape index (κ2) is 6.76. The zero-order chi connectivity index (χ0) is 13.1. The van der Waals surface area contributed by atoms with Gasteiger partial charge < -0.3 is 0 Å². The Morgan fingerprint density at radius 2 is 1.94 bits per heavy atom. The molecule has 1 saturated heterocycles. The van der Waals surface area contributed by atoms with Gasteiger partial charge in [-0.3, -0.25) is 4.31 Å². The summed E-state index contributed by atoms with van der Waals surface area (Å²) < 4.78 is 2.49. The van der Waals surface area contributed by atoms with E-state index in [1.54, 1.807) is 0 Å². The van der Waals surface area contributed by atoms with E-state index in [-0.39, 0.29) is 10.1 Å². The Morgan fingerprint density at radius 3 is 2.50 bits per heavy atom. The molecular weight excluding hydrogens is 305 g/mol. The molecule has 1 unspecified atom stereocenters. The number of benzene rings is 1. The van der Waals surface area contributed by atoms with Crippen LogP contribution in [0.3, 0.4) is 0 Å². The molecule has 1 nitrogen and oxygen atoms in total. The summed E-state index contributed by atoms with van der Waals surface area (Å²) >= 11 is 16.5. The van der Waals surface area contributed by atoms with Crippen LogP contribution in [0, 0.1) is 5.92 Å². The van der Waals surface area contributed by atoms with Gasteiger partial charge in [-0.25, -0.2) is 0 Å². The zero-order valence-electron chi connectivity index (χ0n) is 10.4. The summed E-state index contributed by atoms with van der Waals surface area (Å²) in [6.07, 6.45) is 5.83. The van der Waals surface area contributed by atoms with E-state index < -0.39 is 0 Å². The van der Waals surface area contributed by atoms with Crippen LogP contribution in [0.1, 0.15) is 18.4 Å². The van der Waals surface area contributed by atoms with Crippen LogP contribution < -0.4 is 0 Å². The van der Waals surface area contributed by atoms with Gasteiger partial charge in [-0.2, -0.15) is 10.1 Å². The van der Waals surface area contributed by atoms with E-state index in [4.69, 9.17) is 23.2 Å². The molecule has 0 amide bonds. The molecule has 0 bridgehead atoms. The fraction of sp³-hybridized carbons (Fsp3) is 0.538. The predicted molar refractivity (Wildman–Crippen MR) is 88.4 cm³/mol. The van der Waals surface area contributed by atoms with Gasteiger partial charge in [0.05, 0.1) is 10.0 Å². The molecule has 18 heavy (non-hydrogen) atoms. The fourth-order valence-corrected chi connectivity index (χ4v) is 4.08. The van der Waals surface area contributed by atoms with Gasteiger partial charge in [-0.05, 0) is 49.1 Å². The van der Waals surface area contributed by atoms with Gasteiger partial charge in [0.25, 0.3) is 0 Å². The Morgan fingerprint density at radius 1 is 1.28 bits per heavy atom. The van der Waals surface area contributed by atoms with E-state index in [9.17, 15) is 0 Å². The minimum atomic E-state index is -0.217. The van der Waals surface area contributed by atoms with E-state index in [0.29, 0.717) is 10.0 Å². The van der Waals surface area contributed by atoms with E-state index in [1.807, 2.05) is 12.1 Å². The lowest BCUT2D eigenvalue weighted by molar-refractivity contribution is 0.290. The Hall–Kier alpha value is 0.460. The van der Waals surface area contributed by atoms with Crippen molar-refractivity contribution in [1.82, 2.24) is 4.31 Å². The second-order valence-electron chi connectivity index (χ2n) is 4.84. The molecule has 2 rings (SSSR count). The molecule has 1 heterocycles. The molecular formula is C13H19Cl2NS2. The van der Waals surface area contributed by atoms with Crippen molar-refractivity contribution in [2.75, 3.05) is 19.3 Å². The molecule has 1 aliphatic rings. The summed E-state index contributed by atoms with van der Waals surface area (Å²) in [6.45, 7) is 2.36. The van der Waals surface area contributed by atoms with Gasteiger partial charge in [0.2, 0.25) is 0 Å². The summed E-state index contributed by atoms with van der Waals surface area (Å²) in [5, 5.41) is 1.31. The maximum atomic E-state index is 6.05. The molecule has 0 radical (unpaired) electrons. The molecule has 0 aromatic heterocycles. The lowest BCUT2D eigenvalue weighted by Gasteiger charge is -2.35. The highest BCUT2D eigenvalue weighted by Gasteiger charge is 2.20. The lowest BCUT2D eigenvalue weighted by Crippen LogP contribution is -2.30. The van der Waals surface area contributed by atoms with Crippen LogP contribution >= 0.6 is 45.0 Å². The highest BCUT2D eigenvalue weighted by molar-refractivity contribution is 8.76. The summed E-state index contributed by atoms with van der Waals surface area (Å²) in [7, 11) is -0.217. The third kappa shape index (κ3) is 3.97. The van der Waals surface area contributed by atoms with Gasteiger partial charge in [-0.15, -0.1) is 11.7 Å². The maximum absolute atomic E-state index is 6.05. The summed E-state index contributed by atoms with van der Waals surface area (Å²) in [4.78, 5) is 0. The molecule has 0 aliphatic carbocycles. The van der Waals surface area contributed by atoms with Crippen molar-refractivity contribution in [1.29, 1.82) is 0 Å². The summed E-state index contributed by atoms with van der Waals surface area (Å²) in [6, 6.07) is 5.99. The van der Waals surface area contributed by atoms with E-state index in [0.717, 1.165) is 12.3 Å². The first kappa shape index (κ1) is 14.9. The predicted octanol–water partition coefficient (Wildman–Crippen LogP) is 4.64. The Balaban J connectivity index is 1.89. The van der Waals surface area contributed by atoms with Crippen molar-refractivity contribution >= 4 is 45.0 Å². The van der Waals surface area contributed by atoms with Gasteiger partial charge in [0.1, 0.15) is 0 Å². The SMILES string of the molecule is C[SH](S)N1CCC(Cc2ccc(Cl)c(Cl)c2)CC1. The molecule has 102 valence electrons. The summed E-state index contributed by atoms with van der Waals surface area (Å²) in [5.74, 6) is 0.766. The molecule has 1 atom stereocenters. The first-order valence-electron chi connectivity index (χ1n) is 6.17. The molecule has 5 heteroatoms. The Labute approximate surface area is 127 Å². The third-order valence-corrected chi connectivity index (χ3v) is 6.23. The molecule has 0 spiro atoms. The molecule has 1 aliphatic heterocycles. The van der Waals surface area contributed by atoms with Gasteiger partial charge in [0, 0.05) is 13.1 Å². The largest absolute Gasteiger partial charge is 0.262 e. The van der Waals surface area contributed by atoms with Crippen molar-refractivity contribution in [3.05, 3.63) is 33.8 Å². The number of rotatable bonds is 3. The lowest BCUT2D eigenvalue weighted by atomic mass is 9.91. The second-order valence-corrected chi connectivity index (χ2v) is 8.93. The van der Waals surface area contributed by atoms with Crippen LogP contribution in [0.25, 0.3) is 0 Å². The van der Waals surface area contributed by atoms with Crippen molar-refractivity contribution < 1.29 is 0 Å². The number of hydrogen-bond donors (Lipinski definition) is 2. The topological polar surface area (TPSA) is 3.24 Å². The number of hydrogen-bond acceptors (Lipinski definition) is 2. The standard InChI is InChI=1S/C13H19Cl2NS2/c1-18(17)16-6-4-10(5-7-16)8-11-2-3-12(14)13(15)9-11/h2-3,9-10,17-18H,4-8H2,1H3. The smallest absolute Gasteiger partial charge is 0.0595 e. The first-order chi connectivity index (χ1) is 8.56. The van der Waals surface area contributed by atoms with Gasteiger partial charge in [0.15, 0.2) is 0 Å². The van der Waals surface area contributed by atoms with Crippen LogP contribution in [-0.2, 0) is 6.42 Å². The van der Waals surface area contributed by atoms with Gasteiger partial charge >= 0.3 is 0 Å². The number of halogens is 2. The van der Waals surface area contributed by atoms with Crippen molar-refractivity contribution in [3.8, 4) is 0 Å². The summed E-state index contributed by atoms with van der Waals surface area (Å²) in [5.41, 5.74) is 1.30. The monoisotopic (exact) mass is 323 g/mol. The fourth-order valence-electron chi connectivity index (χ4n) is 2.41. The molecule has 1 aromatic rings. The average molecular weight is 324 g/mol. The quantitative estimate of drug-likeness (QED) is 0.605. The highest BCUT2D eigenvalue weighted by atomic mass is 35.5. The highest BCUT2D eigenvalue weighted by Crippen LogP contribution is 2.35. The van der Waals surface area contributed by atoms with Crippen molar-refractivity contribution in [3.63, 3.8) is 0 Å². The van der Waals surface area contributed by atoms with Crippen molar-refractivity contribution in [2.24, 2.45) is 5.92 Å². The Kier molecular flexibility index (Phi) is 5.58. The molecule has 0 saturated carbocycles. The van der Waals surface area contributed by atoms with Crippen LogP contribution in [0.4, 0.5) is 0 Å². The average Bonchev–Trinajstić information content (AvgIpc) is 2.34. The van der Waals surface area contributed by atoms with E-state index in [2.05, 4.69) is 28.3 Å². The molecule has 1 aromatic carbocycles. The van der Waals surface area contributed by atoms with Crippen LogP contribution in [0.2, 0.25) is 10.0 Å². The normalized spacial score (nSPS) is 21.0.